The summed E-state index contributed by atoms with van der Waals surface area (Å²) < 4.78 is 26.7. The second-order valence-corrected chi connectivity index (χ2v) is 10.9. The highest BCUT2D eigenvalue weighted by Gasteiger charge is 2.21. The summed E-state index contributed by atoms with van der Waals surface area (Å²) in [5.41, 5.74) is 2.10. The Labute approximate surface area is 202 Å². The Bertz CT molecular complexity index is 1150. The Morgan fingerprint density at radius 1 is 0.906 bits per heavy atom. The van der Waals surface area contributed by atoms with Crippen molar-refractivity contribution in [2.75, 3.05) is 23.7 Å². The van der Waals surface area contributed by atoms with E-state index in [0.29, 0.717) is 27.8 Å². The van der Waals surface area contributed by atoms with Crippen LogP contribution in [0, 0.1) is 0 Å². The highest BCUT2D eigenvalue weighted by Crippen LogP contribution is 2.23. The van der Waals surface area contributed by atoms with Crippen molar-refractivity contribution in [2.24, 2.45) is 0 Å². The van der Waals surface area contributed by atoms with E-state index < -0.39 is 10.0 Å². The number of carbonyl (C=O) groups is 1. The second kappa shape index (κ2) is 11.1. The fourth-order valence-electron chi connectivity index (χ4n) is 2.84. The summed E-state index contributed by atoms with van der Waals surface area (Å²) in [6.07, 6.45) is 0. The topological polar surface area (TPSA) is 66.5 Å². The highest BCUT2D eigenvalue weighted by molar-refractivity contribution is 7.98. The zero-order valence-electron chi connectivity index (χ0n) is 17.3. The number of hydrogen-bond acceptors (Lipinski definition) is 4. The van der Waals surface area contributed by atoms with Crippen LogP contribution in [0.5, 0.6) is 0 Å². The number of sulfonamides is 1. The van der Waals surface area contributed by atoms with Crippen LogP contribution in [0.15, 0.2) is 77.7 Å². The number of nitrogens with zero attached hydrogens (tertiary/aromatic N) is 1. The Kier molecular flexibility index (Phi) is 8.48. The quantitative estimate of drug-likeness (QED) is 0.388. The van der Waals surface area contributed by atoms with Crippen molar-refractivity contribution < 1.29 is 13.2 Å². The first kappa shape index (κ1) is 24.5. The molecule has 0 radical (unpaired) electrons. The van der Waals surface area contributed by atoms with Crippen LogP contribution in [0.4, 0.5) is 5.69 Å². The Morgan fingerprint density at radius 3 is 2.06 bits per heavy atom. The number of benzene rings is 3. The molecule has 0 saturated carbocycles. The van der Waals surface area contributed by atoms with E-state index in [4.69, 9.17) is 23.2 Å². The summed E-state index contributed by atoms with van der Waals surface area (Å²) in [6.45, 7) is 0.531. The van der Waals surface area contributed by atoms with Crippen LogP contribution in [-0.4, -0.2) is 33.7 Å². The van der Waals surface area contributed by atoms with Gasteiger partial charge >= 0.3 is 0 Å². The van der Waals surface area contributed by atoms with E-state index in [0.717, 1.165) is 11.5 Å². The van der Waals surface area contributed by atoms with Gasteiger partial charge in [0.1, 0.15) is 0 Å². The van der Waals surface area contributed by atoms with Gasteiger partial charge in [-0.1, -0.05) is 35.3 Å². The molecular formula is C23H22Cl2N2O3S2. The number of amides is 1. The van der Waals surface area contributed by atoms with Gasteiger partial charge < -0.3 is 5.32 Å². The van der Waals surface area contributed by atoms with Crippen LogP contribution in [0.2, 0.25) is 10.0 Å². The molecule has 3 rings (SSSR count). The summed E-state index contributed by atoms with van der Waals surface area (Å²) in [7, 11) is -2.25. The van der Waals surface area contributed by atoms with Crippen molar-refractivity contribution in [1.82, 2.24) is 5.32 Å². The van der Waals surface area contributed by atoms with Gasteiger partial charge in [0.2, 0.25) is 0 Å². The SMILES string of the molecule is CN(c1ccc(C(=O)NCCSCc2ccc(Cl)cc2)cc1)S(=O)(=O)c1ccc(Cl)cc1. The maximum Gasteiger partial charge on any atom is 0.264 e. The second-order valence-electron chi connectivity index (χ2n) is 6.91. The van der Waals surface area contributed by atoms with Crippen LogP contribution >= 0.6 is 35.0 Å². The molecule has 1 amide bonds. The largest absolute Gasteiger partial charge is 0.351 e. The van der Waals surface area contributed by atoms with Crippen molar-refractivity contribution in [2.45, 2.75) is 10.6 Å². The third kappa shape index (κ3) is 6.42. The summed E-state index contributed by atoms with van der Waals surface area (Å²) in [4.78, 5) is 12.5. The predicted octanol–water partition coefficient (Wildman–Crippen LogP) is 5.48. The average molecular weight is 509 g/mol. The van der Waals surface area contributed by atoms with E-state index >= 15 is 0 Å². The van der Waals surface area contributed by atoms with Crippen LogP contribution < -0.4 is 9.62 Å². The molecule has 3 aromatic rings. The number of hydrogen-bond donors (Lipinski definition) is 1. The summed E-state index contributed by atoms with van der Waals surface area (Å²) in [5.74, 6) is 1.41. The van der Waals surface area contributed by atoms with Gasteiger partial charge in [-0.3, -0.25) is 9.10 Å². The van der Waals surface area contributed by atoms with E-state index in [1.54, 1.807) is 36.0 Å². The zero-order chi connectivity index (χ0) is 23.1. The molecule has 5 nitrogen and oxygen atoms in total. The number of carbonyl (C=O) groups excluding carboxylic acids is 1. The Balaban J connectivity index is 1.51. The Hall–Kier alpha value is -2.19. The molecule has 0 spiro atoms. The maximum absolute atomic E-state index is 12.8. The predicted molar refractivity (Wildman–Crippen MR) is 133 cm³/mol. The average Bonchev–Trinajstić information content (AvgIpc) is 2.80. The first-order valence-electron chi connectivity index (χ1n) is 9.72. The van der Waals surface area contributed by atoms with E-state index in [-0.39, 0.29) is 10.8 Å². The maximum atomic E-state index is 12.8. The van der Waals surface area contributed by atoms with Crippen LogP contribution in [0.25, 0.3) is 0 Å². The van der Waals surface area contributed by atoms with E-state index in [9.17, 15) is 13.2 Å². The number of rotatable bonds is 9. The molecule has 0 saturated heterocycles. The number of anilines is 1. The van der Waals surface area contributed by atoms with Gasteiger partial charge in [-0.05, 0) is 66.2 Å². The highest BCUT2D eigenvalue weighted by atomic mass is 35.5. The molecule has 0 aliphatic carbocycles. The van der Waals surface area contributed by atoms with Crippen molar-refractivity contribution in [3.05, 3.63) is 94.0 Å². The lowest BCUT2D eigenvalue weighted by Gasteiger charge is -2.19. The molecule has 0 aliphatic heterocycles. The van der Waals surface area contributed by atoms with E-state index in [1.807, 2.05) is 24.3 Å². The van der Waals surface area contributed by atoms with Crippen molar-refractivity contribution in [1.29, 1.82) is 0 Å². The minimum atomic E-state index is -3.72. The third-order valence-corrected chi connectivity index (χ3v) is 8.01. The minimum Gasteiger partial charge on any atom is -0.351 e. The third-order valence-electron chi connectivity index (χ3n) is 4.68. The Morgan fingerprint density at radius 2 is 1.47 bits per heavy atom. The number of halogens is 2. The first-order valence-corrected chi connectivity index (χ1v) is 13.1. The van der Waals surface area contributed by atoms with Gasteiger partial charge in [0.25, 0.3) is 15.9 Å². The van der Waals surface area contributed by atoms with Gasteiger partial charge in [0.15, 0.2) is 0 Å². The molecule has 168 valence electrons. The molecule has 1 N–H and O–H groups in total. The van der Waals surface area contributed by atoms with Crippen molar-refractivity contribution in [3.8, 4) is 0 Å². The lowest BCUT2D eigenvalue weighted by molar-refractivity contribution is 0.0956. The van der Waals surface area contributed by atoms with Gasteiger partial charge in [-0.2, -0.15) is 11.8 Å². The molecule has 9 heteroatoms. The first-order chi connectivity index (χ1) is 15.3. The van der Waals surface area contributed by atoms with Crippen molar-refractivity contribution in [3.63, 3.8) is 0 Å². The summed E-state index contributed by atoms with van der Waals surface area (Å²) in [6, 6.07) is 20.1. The molecule has 0 atom stereocenters. The molecule has 0 fully saturated rings. The lowest BCUT2D eigenvalue weighted by Crippen LogP contribution is -2.27. The van der Waals surface area contributed by atoms with Gasteiger partial charge in [0.05, 0.1) is 10.6 Å². The molecule has 32 heavy (non-hydrogen) atoms. The molecular weight excluding hydrogens is 487 g/mol. The molecule has 0 heterocycles. The zero-order valence-corrected chi connectivity index (χ0v) is 20.4. The normalized spacial score (nSPS) is 11.2. The molecule has 0 unspecified atom stereocenters. The standard InChI is InChI=1S/C23H22Cl2N2O3S2/c1-27(32(29,30)22-12-8-20(25)9-13-22)21-10-4-18(5-11-21)23(28)26-14-15-31-16-17-2-6-19(24)7-3-17/h2-13H,14-16H2,1H3,(H,26,28). The fraction of sp³-hybridized carbons (Fsp3) is 0.174. The molecule has 0 aromatic heterocycles. The number of nitrogens with one attached hydrogen (secondary N) is 1. The number of thioether (sulfide) groups is 1. The van der Waals surface area contributed by atoms with Crippen molar-refractivity contribution >= 4 is 56.6 Å². The van der Waals surface area contributed by atoms with Gasteiger partial charge in [-0.15, -0.1) is 0 Å². The lowest BCUT2D eigenvalue weighted by atomic mass is 10.2. The van der Waals surface area contributed by atoms with E-state index in [1.165, 1.54) is 41.2 Å². The minimum absolute atomic E-state index is 0.141. The van der Waals surface area contributed by atoms with Gasteiger partial charge in [0, 0.05) is 40.7 Å². The van der Waals surface area contributed by atoms with Crippen LogP contribution in [-0.2, 0) is 15.8 Å². The summed E-state index contributed by atoms with van der Waals surface area (Å²) >= 11 is 13.4. The molecule has 0 aliphatic rings. The van der Waals surface area contributed by atoms with Crippen LogP contribution in [0.3, 0.4) is 0 Å². The van der Waals surface area contributed by atoms with E-state index in [2.05, 4.69) is 5.32 Å². The smallest absolute Gasteiger partial charge is 0.264 e. The fourth-order valence-corrected chi connectivity index (χ4v) is 5.10. The monoisotopic (exact) mass is 508 g/mol. The molecule has 3 aromatic carbocycles. The van der Waals surface area contributed by atoms with Crippen LogP contribution in [0.1, 0.15) is 15.9 Å². The van der Waals surface area contributed by atoms with Gasteiger partial charge in [-0.25, -0.2) is 8.42 Å². The summed E-state index contributed by atoms with van der Waals surface area (Å²) in [5, 5.41) is 4.06. The molecule has 0 bridgehead atoms.